The first kappa shape index (κ1) is 17.1. The van der Waals surface area contributed by atoms with Gasteiger partial charge in [-0.2, -0.15) is 0 Å². The van der Waals surface area contributed by atoms with Crippen molar-refractivity contribution >= 4 is 11.7 Å². The van der Waals surface area contributed by atoms with Crippen molar-refractivity contribution in [2.75, 3.05) is 7.05 Å². The lowest BCUT2D eigenvalue weighted by atomic mass is 9.95. The molecule has 0 aromatic carbocycles. The molecular formula is C19H24N6. The van der Waals surface area contributed by atoms with Gasteiger partial charge < -0.3 is 10.6 Å². The molecule has 2 N–H and O–H groups in total. The summed E-state index contributed by atoms with van der Waals surface area (Å²) in [6, 6.07) is 11.8. The summed E-state index contributed by atoms with van der Waals surface area (Å²) < 4.78 is 0. The fraction of sp³-hybridized carbons (Fsp3) is 0.368. The smallest absolute Gasteiger partial charge is 0.216 e. The zero-order chi connectivity index (χ0) is 17.5. The summed E-state index contributed by atoms with van der Waals surface area (Å²) in [6.07, 6.45) is 9.58. The first-order valence-corrected chi connectivity index (χ1v) is 8.72. The lowest BCUT2D eigenvalue weighted by Crippen LogP contribution is -2.42. The van der Waals surface area contributed by atoms with E-state index in [9.17, 15) is 0 Å². The minimum absolute atomic E-state index is 0.427. The average Bonchev–Trinajstić information content (AvgIpc) is 2.70. The molecule has 2 aromatic rings. The van der Waals surface area contributed by atoms with Crippen molar-refractivity contribution in [3.05, 3.63) is 60.2 Å². The largest absolute Gasteiger partial charge is 0.368 e. The number of hydrogen-bond donors (Lipinski definition) is 1. The molecule has 6 nitrogen and oxygen atoms in total. The summed E-state index contributed by atoms with van der Waals surface area (Å²) in [5.74, 6) is 0.427. The molecule has 130 valence electrons. The van der Waals surface area contributed by atoms with Crippen molar-refractivity contribution in [1.29, 1.82) is 0 Å². The fourth-order valence-corrected chi connectivity index (χ4v) is 3.07. The van der Waals surface area contributed by atoms with Gasteiger partial charge in [-0.25, -0.2) is 0 Å². The summed E-state index contributed by atoms with van der Waals surface area (Å²) in [5, 5.41) is 8.67. The third-order valence-corrected chi connectivity index (χ3v) is 4.55. The topological polar surface area (TPSA) is 79.8 Å². The van der Waals surface area contributed by atoms with Crippen LogP contribution in [0.15, 0.2) is 59.0 Å². The van der Waals surface area contributed by atoms with E-state index in [2.05, 4.69) is 20.2 Å². The van der Waals surface area contributed by atoms with Gasteiger partial charge in [0.25, 0.3) is 0 Å². The number of nitrogens with two attached hydrogens (primary N) is 1. The highest BCUT2D eigenvalue weighted by atomic mass is 15.4. The van der Waals surface area contributed by atoms with Gasteiger partial charge in [0.05, 0.1) is 11.4 Å². The molecule has 0 amide bonds. The van der Waals surface area contributed by atoms with Crippen molar-refractivity contribution in [1.82, 2.24) is 14.9 Å². The van der Waals surface area contributed by atoms with Crippen LogP contribution in [0.25, 0.3) is 0 Å². The second-order valence-electron chi connectivity index (χ2n) is 6.24. The Hall–Kier alpha value is -2.76. The van der Waals surface area contributed by atoms with Gasteiger partial charge in [-0.1, -0.05) is 31.4 Å². The molecule has 0 atom stereocenters. The number of pyridine rings is 2. The van der Waals surface area contributed by atoms with Gasteiger partial charge in [0.1, 0.15) is 5.71 Å². The zero-order valence-electron chi connectivity index (χ0n) is 14.5. The van der Waals surface area contributed by atoms with Crippen molar-refractivity contribution in [3.63, 3.8) is 0 Å². The minimum atomic E-state index is 0.427. The van der Waals surface area contributed by atoms with E-state index in [-0.39, 0.29) is 0 Å². The van der Waals surface area contributed by atoms with Gasteiger partial charge in [-0.3, -0.25) is 9.97 Å². The molecule has 0 aliphatic heterocycles. The predicted molar refractivity (Wildman–Crippen MR) is 100 cm³/mol. The summed E-state index contributed by atoms with van der Waals surface area (Å²) in [5.41, 5.74) is 8.23. The standard InChI is InChI=1S/C19H24N6/c1-25(15-9-3-2-4-10-15)19(20)24-23-18(16-11-5-7-13-21-16)17-12-6-8-14-22-17/h5-8,11-15H,2-4,9-10H2,1H3,(H2,20,24). The van der Waals surface area contributed by atoms with Crippen LogP contribution in [0.1, 0.15) is 43.5 Å². The Morgan fingerprint density at radius 1 is 0.960 bits per heavy atom. The van der Waals surface area contributed by atoms with Crippen molar-refractivity contribution in [3.8, 4) is 0 Å². The van der Waals surface area contributed by atoms with E-state index in [0.29, 0.717) is 17.7 Å². The van der Waals surface area contributed by atoms with E-state index in [1.807, 2.05) is 48.3 Å². The molecule has 0 bridgehead atoms. The third-order valence-electron chi connectivity index (χ3n) is 4.55. The Labute approximate surface area is 148 Å². The van der Waals surface area contributed by atoms with E-state index in [4.69, 9.17) is 5.73 Å². The van der Waals surface area contributed by atoms with Gasteiger partial charge in [0.15, 0.2) is 0 Å². The quantitative estimate of drug-likeness (QED) is 0.529. The molecule has 25 heavy (non-hydrogen) atoms. The number of nitrogens with zero attached hydrogens (tertiary/aromatic N) is 5. The summed E-state index contributed by atoms with van der Waals surface area (Å²) >= 11 is 0. The predicted octanol–water partition coefficient (Wildman–Crippen LogP) is 2.81. The van der Waals surface area contributed by atoms with E-state index < -0.39 is 0 Å². The highest BCUT2D eigenvalue weighted by Crippen LogP contribution is 2.21. The number of aromatic nitrogens is 2. The van der Waals surface area contributed by atoms with Crippen LogP contribution in [-0.2, 0) is 0 Å². The Bertz CT molecular complexity index is 679. The Balaban J connectivity index is 1.87. The summed E-state index contributed by atoms with van der Waals surface area (Å²) in [6.45, 7) is 0. The van der Waals surface area contributed by atoms with Gasteiger partial charge in [-0.15, -0.1) is 10.2 Å². The van der Waals surface area contributed by atoms with Crippen LogP contribution in [0.4, 0.5) is 0 Å². The Morgan fingerprint density at radius 3 is 2.08 bits per heavy atom. The number of rotatable bonds is 4. The van der Waals surface area contributed by atoms with Gasteiger partial charge >= 0.3 is 0 Å². The van der Waals surface area contributed by atoms with E-state index >= 15 is 0 Å². The molecule has 3 rings (SSSR count). The van der Waals surface area contributed by atoms with Gasteiger partial charge in [0.2, 0.25) is 5.96 Å². The summed E-state index contributed by atoms with van der Waals surface area (Å²) in [7, 11) is 1.99. The molecule has 1 aliphatic carbocycles. The molecule has 2 aromatic heterocycles. The number of guanidine groups is 1. The fourth-order valence-electron chi connectivity index (χ4n) is 3.07. The highest BCUT2D eigenvalue weighted by Gasteiger charge is 2.19. The molecular weight excluding hydrogens is 312 g/mol. The van der Waals surface area contributed by atoms with Crippen molar-refractivity contribution in [2.24, 2.45) is 15.9 Å². The van der Waals surface area contributed by atoms with Crippen molar-refractivity contribution in [2.45, 2.75) is 38.1 Å². The SMILES string of the molecule is CN(/C(N)=N/N=C(c1ccccn1)c1ccccn1)C1CCCCC1. The normalized spacial score (nSPS) is 15.6. The first-order chi connectivity index (χ1) is 12.3. The molecule has 1 saturated carbocycles. The van der Waals surface area contributed by atoms with Crippen LogP contribution >= 0.6 is 0 Å². The van der Waals surface area contributed by atoms with E-state index in [1.165, 1.54) is 19.3 Å². The van der Waals surface area contributed by atoms with E-state index in [1.54, 1.807) is 12.4 Å². The Morgan fingerprint density at radius 2 is 1.56 bits per heavy atom. The molecule has 2 heterocycles. The van der Waals surface area contributed by atoms with Crippen LogP contribution < -0.4 is 5.73 Å². The zero-order valence-corrected chi connectivity index (χ0v) is 14.5. The highest BCUT2D eigenvalue weighted by molar-refractivity contribution is 6.10. The molecule has 0 saturated heterocycles. The number of hydrogen-bond acceptors (Lipinski definition) is 4. The average molecular weight is 336 g/mol. The molecule has 1 fully saturated rings. The monoisotopic (exact) mass is 336 g/mol. The summed E-state index contributed by atoms with van der Waals surface area (Å²) in [4.78, 5) is 10.8. The molecule has 0 radical (unpaired) electrons. The van der Waals surface area contributed by atoms with Gasteiger partial charge in [0, 0.05) is 25.5 Å². The Kier molecular flexibility index (Phi) is 5.72. The van der Waals surface area contributed by atoms with Crippen LogP contribution in [0.5, 0.6) is 0 Å². The molecule has 0 spiro atoms. The third kappa shape index (κ3) is 4.41. The van der Waals surface area contributed by atoms with Crippen LogP contribution in [0.2, 0.25) is 0 Å². The van der Waals surface area contributed by atoms with Crippen LogP contribution in [-0.4, -0.2) is 39.6 Å². The second-order valence-corrected chi connectivity index (χ2v) is 6.24. The van der Waals surface area contributed by atoms with Gasteiger partial charge in [-0.05, 0) is 37.1 Å². The maximum Gasteiger partial charge on any atom is 0.216 e. The van der Waals surface area contributed by atoms with Crippen LogP contribution in [0.3, 0.4) is 0 Å². The maximum atomic E-state index is 6.18. The lowest BCUT2D eigenvalue weighted by Gasteiger charge is -2.31. The van der Waals surface area contributed by atoms with Crippen LogP contribution in [0, 0.1) is 0 Å². The van der Waals surface area contributed by atoms with Crippen molar-refractivity contribution < 1.29 is 0 Å². The van der Waals surface area contributed by atoms with E-state index in [0.717, 1.165) is 24.2 Å². The molecule has 1 aliphatic rings. The lowest BCUT2D eigenvalue weighted by molar-refractivity contribution is 0.276. The maximum absolute atomic E-state index is 6.18. The first-order valence-electron chi connectivity index (χ1n) is 8.72. The molecule has 6 heteroatoms. The molecule has 0 unspecified atom stereocenters. The second kappa shape index (κ2) is 8.37. The minimum Gasteiger partial charge on any atom is -0.368 e.